The molecule has 0 aliphatic carbocycles. The van der Waals surface area contributed by atoms with Crippen molar-refractivity contribution >= 4 is 11.6 Å². The van der Waals surface area contributed by atoms with Crippen molar-refractivity contribution in [2.75, 3.05) is 24.2 Å². The van der Waals surface area contributed by atoms with Crippen LogP contribution in [0.5, 0.6) is 0 Å². The summed E-state index contributed by atoms with van der Waals surface area (Å²) in [6.45, 7) is 3.04. The summed E-state index contributed by atoms with van der Waals surface area (Å²) in [6, 6.07) is 10.7. The Hall–Kier alpha value is -2.10. The highest BCUT2D eigenvalue weighted by Gasteiger charge is 1.97. The van der Waals surface area contributed by atoms with Gasteiger partial charge in [-0.2, -0.15) is 0 Å². The number of hydrogen-bond donors (Lipinski definition) is 2. The fourth-order valence-electron chi connectivity index (χ4n) is 1.87. The van der Waals surface area contributed by atoms with E-state index in [0.29, 0.717) is 0 Å². The van der Waals surface area contributed by atoms with Crippen molar-refractivity contribution in [3.8, 4) is 0 Å². The van der Waals surface area contributed by atoms with Crippen LogP contribution in [0.25, 0.3) is 0 Å². The van der Waals surface area contributed by atoms with Gasteiger partial charge in [0.05, 0.1) is 0 Å². The van der Waals surface area contributed by atoms with Crippen LogP contribution in [0.15, 0.2) is 36.7 Å². The molecule has 0 unspecified atom stereocenters. The van der Waals surface area contributed by atoms with Crippen molar-refractivity contribution in [3.63, 3.8) is 0 Å². The van der Waals surface area contributed by atoms with E-state index >= 15 is 0 Å². The van der Waals surface area contributed by atoms with Crippen LogP contribution in [0.2, 0.25) is 0 Å². The van der Waals surface area contributed by atoms with Crippen molar-refractivity contribution < 1.29 is 0 Å². The average Bonchev–Trinajstić information content (AvgIpc) is 2.48. The molecule has 0 radical (unpaired) electrons. The Labute approximate surface area is 114 Å². The molecular formula is C15H20N4. The second kappa shape index (κ2) is 6.73. The molecular weight excluding hydrogens is 236 g/mol. The summed E-state index contributed by atoms with van der Waals surface area (Å²) >= 11 is 0. The van der Waals surface area contributed by atoms with E-state index in [0.717, 1.165) is 31.0 Å². The number of aryl methyl sites for hydroxylation is 1. The van der Waals surface area contributed by atoms with Gasteiger partial charge in [0.25, 0.3) is 0 Å². The molecule has 0 aliphatic heterocycles. The summed E-state index contributed by atoms with van der Waals surface area (Å²) in [7, 11) is 1.85. The molecule has 0 bridgehead atoms. The van der Waals surface area contributed by atoms with Crippen LogP contribution in [0.1, 0.15) is 18.1 Å². The summed E-state index contributed by atoms with van der Waals surface area (Å²) in [4.78, 5) is 8.26. The Bertz CT molecular complexity index is 508. The molecule has 4 heteroatoms. The van der Waals surface area contributed by atoms with Gasteiger partial charge in [-0.3, -0.25) is 0 Å². The predicted octanol–water partition coefficient (Wildman–Crippen LogP) is 2.74. The lowest BCUT2D eigenvalue weighted by molar-refractivity contribution is 0.995. The Morgan fingerprint density at radius 3 is 2.37 bits per heavy atom. The van der Waals surface area contributed by atoms with Gasteiger partial charge in [0.1, 0.15) is 18.0 Å². The van der Waals surface area contributed by atoms with E-state index < -0.39 is 0 Å². The molecule has 2 N–H and O–H groups in total. The standard InChI is InChI=1S/C15H20N4/c1-3-12-4-6-13(7-5-12)8-9-17-15-10-14(16-2)18-11-19-15/h4-7,10-11H,3,8-9H2,1-2H3,(H2,16,17,18,19). The van der Waals surface area contributed by atoms with Gasteiger partial charge in [0, 0.05) is 19.7 Å². The van der Waals surface area contributed by atoms with Crippen LogP contribution in [-0.2, 0) is 12.8 Å². The number of hydrogen-bond acceptors (Lipinski definition) is 4. The van der Waals surface area contributed by atoms with E-state index in [1.165, 1.54) is 11.1 Å². The molecule has 0 aliphatic rings. The van der Waals surface area contributed by atoms with Crippen molar-refractivity contribution in [3.05, 3.63) is 47.8 Å². The van der Waals surface area contributed by atoms with Crippen LogP contribution >= 0.6 is 0 Å². The minimum atomic E-state index is 0.824. The van der Waals surface area contributed by atoms with Gasteiger partial charge >= 0.3 is 0 Å². The van der Waals surface area contributed by atoms with Gasteiger partial charge in [-0.05, 0) is 24.0 Å². The fraction of sp³-hybridized carbons (Fsp3) is 0.333. The monoisotopic (exact) mass is 256 g/mol. The molecule has 0 spiro atoms. The first-order valence-electron chi connectivity index (χ1n) is 6.63. The number of rotatable bonds is 6. The third-order valence-electron chi connectivity index (χ3n) is 3.07. The van der Waals surface area contributed by atoms with Crippen molar-refractivity contribution in [2.24, 2.45) is 0 Å². The average molecular weight is 256 g/mol. The molecule has 2 aromatic rings. The van der Waals surface area contributed by atoms with Crippen molar-refractivity contribution in [1.29, 1.82) is 0 Å². The summed E-state index contributed by atoms with van der Waals surface area (Å²) in [5, 5.41) is 6.30. The van der Waals surface area contributed by atoms with E-state index in [-0.39, 0.29) is 0 Å². The number of anilines is 2. The molecule has 1 aromatic heterocycles. The Balaban J connectivity index is 1.85. The number of nitrogens with zero attached hydrogens (tertiary/aromatic N) is 2. The highest BCUT2D eigenvalue weighted by Crippen LogP contribution is 2.09. The maximum atomic E-state index is 4.18. The van der Waals surface area contributed by atoms with Crippen LogP contribution < -0.4 is 10.6 Å². The molecule has 100 valence electrons. The molecule has 4 nitrogen and oxygen atoms in total. The molecule has 0 fully saturated rings. The first-order valence-corrected chi connectivity index (χ1v) is 6.63. The highest BCUT2D eigenvalue weighted by molar-refractivity contribution is 5.45. The zero-order valence-corrected chi connectivity index (χ0v) is 11.5. The maximum Gasteiger partial charge on any atom is 0.131 e. The van der Waals surface area contributed by atoms with Crippen LogP contribution in [0.4, 0.5) is 11.6 Å². The SMILES string of the molecule is CCc1ccc(CCNc2cc(NC)ncn2)cc1. The van der Waals surface area contributed by atoms with Crippen LogP contribution in [-0.4, -0.2) is 23.6 Å². The normalized spacial score (nSPS) is 10.2. The lowest BCUT2D eigenvalue weighted by Crippen LogP contribution is -2.07. The molecule has 19 heavy (non-hydrogen) atoms. The topological polar surface area (TPSA) is 49.8 Å². The molecule has 2 rings (SSSR count). The van der Waals surface area contributed by atoms with Crippen LogP contribution in [0, 0.1) is 0 Å². The lowest BCUT2D eigenvalue weighted by Gasteiger charge is -2.07. The lowest BCUT2D eigenvalue weighted by atomic mass is 10.1. The smallest absolute Gasteiger partial charge is 0.131 e. The third-order valence-corrected chi connectivity index (χ3v) is 3.07. The highest BCUT2D eigenvalue weighted by atomic mass is 15.0. The Morgan fingerprint density at radius 2 is 1.68 bits per heavy atom. The molecule has 0 saturated heterocycles. The third kappa shape index (κ3) is 3.95. The number of aromatic nitrogens is 2. The second-order valence-electron chi connectivity index (χ2n) is 4.39. The largest absolute Gasteiger partial charge is 0.373 e. The predicted molar refractivity (Wildman–Crippen MR) is 79.6 cm³/mol. The van der Waals surface area contributed by atoms with E-state index in [4.69, 9.17) is 0 Å². The maximum absolute atomic E-state index is 4.18. The van der Waals surface area contributed by atoms with E-state index in [2.05, 4.69) is 51.8 Å². The zero-order chi connectivity index (χ0) is 13.5. The summed E-state index contributed by atoms with van der Waals surface area (Å²) in [6.07, 6.45) is 3.64. The molecule has 0 atom stereocenters. The minimum Gasteiger partial charge on any atom is -0.373 e. The summed E-state index contributed by atoms with van der Waals surface area (Å²) < 4.78 is 0. The van der Waals surface area contributed by atoms with Crippen molar-refractivity contribution in [2.45, 2.75) is 19.8 Å². The second-order valence-corrected chi connectivity index (χ2v) is 4.39. The number of benzene rings is 1. The van der Waals surface area contributed by atoms with Crippen LogP contribution in [0.3, 0.4) is 0 Å². The van der Waals surface area contributed by atoms with Gasteiger partial charge in [0.2, 0.25) is 0 Å². The van der Waals surface area contributed by atoms with Gasteiger partial charge in [0.15, 0.2) is 0 Å². The van der Waals surface area contributed by atoms with Gasteiger partial charge in [-0.1, -0.05) is 31.2 Å². The molecule has 1 heterocycles. The van der Waals surface area contributed by atoms with E-state index in [9.17, 15) is 0 Å². The first-order chi connectivity index (χ1) is 9.31. The van der Waals surface area contributed by atoms with E-state index in [1.54, 1.807) is 6.33 Å². The van der Waals surface area contributed by atoms with Gasteiger partial charge < -0.3 is 10.6 Å². The van der Waals surface area contributed by atoms with Gasteiger partial charge in [-0.15, -0.1) is 0 Å². The minimum absolute atomic E-state index is 0.824. The molecule has 0 saturated carbocycles. The molecule has 1 aromatic carbocycles. The van der Waals surface area contributed by atoms with Gasteiger partial charge in [-0.25, -0.2) is 9.97 Å². The zero-order valence-electron chi connectivity index (χ0n) is 11.5. The summed E-state index contributed by atoms with van der Waals surface area (Å²) in [5.74, 6) is 1.68. The quantitative estimate of drug-likeness (QED) is 0.834. The molecule has 0 amide bonds. The Morgan fingerprint density at radius 1 is 1.00 bits per heavy atom. The first kappa shape index (κ1) is 13.3. The van der Waals surface area contributed by atoms with Crippen molar-refractivity contribution in [1.82, 2.24) is 9.97 Å². The number of nitrogens with one attached hydrogen (secondary N) is 2. The Kier molecular flexibility index (Phi) is 4.72. The fourth-order valence-corrected chi connectivity index (χ4v) is 1.87. The summed E-state index contributed by atoms with van der Waals surface area (Å²) in [5.41, 5.74) is 2.72. The van der Waals surface area contributed by atoms with E-state index in [1.807, 2.05) is 13.1 Å².